The molecule has 0 heterocycles. The molecule has 106 valence electrons. The summed E-state index contributed by atoms with van der Waals surface area (Å²) in [7, 11) is 0. The van der Waals surface area contributed by atoms with Gasteiger partial charge in [-0.25, -0.2) is 0 Å². The van der Waals surface area contributed by atoms with Crippen LogP contribution in [-0.4, -0.2) is 11.1 Å². The van der Waals surface area contributed by atoms with Crippen LogP contribution in [0.3, 0.4) is 0 Å². The second kappa shape index (κ2) is 5.03. The van der Waals surface area contributed by atoms with Crippen LogP contribution in [0, 0.1) is 0 Å². The van der Waals surface area contributed by atoms with E-state index in [1.165, 1.54) is 0 Å². The van der Waals surface area contributed by atoms with Gasteiger partial charge in [-0.1, -0.05) is 15.9 Å². The van der Waals surface area contributed by atoms with E-state index in [9.17, 15) is 31.1 Å². The van der Waals surface area contributed by atoms with E-state index in [1.807, 2.05) is 0 Å². The number of carbonyl (C=O) groups is 1. The van der Waals surface area contributed by atoms with Crippen molar-refractivity contribution in [3.05, 3.63) is 34.9 Å². The lowest BCUT2D eigenvalue weighted by molar-refractivity contribution is -0.144. The van der Waals surface area contributed by atoms with Crippen LogP contribution in [0.4, 0.5) is 26.3 Å². The fraction of sp³-hybridized carbons (Fsp3) is 0.300. The molecule has 0 aliphatic heterocycles. The first-order chi connectivity index (χ1) is 8.43. The van der Waals surface area contributed by atoms with Crippen LogP contribution in [0.1, 0.15) is 21.5 Å². The largest absolute Gasteiger partial charge is 0.480 e. The van der Waals surface area contributed by atoms with Gasteiger partial charge in [0, 0.05) is 0 Å². The predicted molar refractivity (Wildman–Crippen MR) is 55.7 cm³/mol. The Labute approximate surface area is 111 Å². The molecule has 19 heavy (non-hydrogen) atoms. The Balaban J connectivity index is 3.45. The van der Waals surface area contributed by atoms with Crippen molar-refractivity contribution in [2.75, 3.05) is 0 Å². The van der Waals surface area contributed by atoms with Crippen LogP contribution >= 0.6 is 15.9 Å². The average molecular weight is 351 g/mol. The second-order valence-electron chi connectivity index (χ2n) is 3.54. The first kappa shape index (κ1) is 15.8. The molecule has 1 atom stereocenters. The number of halogens is 7. The summed E-state index contributed by atoms with van der Waals surface area (Å²) in [5.41, 5.74) is -3.74. The Morgan fingerprint density at radius 1 is 1.00 bits per heavy atom. The number of aliphatic carboxylic acids is 1. The molecule has 0 saturated heterocycles. The van der Waals surface area contributed by atoms with Gasteiger partial charge in [0.05, 0.1) is 11.1 Å². The molecule has 1 aromatic rings. The highest BCUT2D eigenvalue weighted by molar-refractivity contribution is 9.09. The quantitative estimate of drug-likeness (QED) is 0.639. The molecule has 0 amide bonds. The zero-order valence-corrected chi connectivity index (χ0v) is 10.4. The van der Waals surface area contributed by atoms with Gasteiger partial charge in [-0.3, -0.25) is 4.79 Å². The number of hydrogen-bond donors (Lipinski definition) is 1. The van der Waals surface area contributed by atoms with Gasteiger partial charge in [0.25, 0.3) is 0 Å². The molecule has 0 bridgehead atoms. The van der Waals surface area contributed by atoms with Crippen molar-refractivity contribution in [2.24, 2.45) is 0 Å². The number of rotatable bonds is 2. The van der Waals surface area contributed by atoms with Gasteiger partial charge in [0.1, 0.15) is 4.83 Å². The van der Waals surface area contributed by atoms with Gasteiger partial charge in [-0.15, -0.1) is 0 Å². The number of benzene rings is 1. The molecule has 2 nitrogen and oxygen atoms in total. The summed E-state index contributed by atoms with van der Waals surface area (Å²) >= 11 is 2.52. The Morgan fingerprint density at radius 3 is 1.63 bits per heavy atom. The predicted octanol–water partition coefficient (Wildman–Crippen LogP) is 4.24. The van der Waals surface area contributed by atoms with Crippen LogP contribution in [0.5, 0.6) is 0 Å². The molecule has 1 unspecified atom stereocenters. The molecule has 0 fully saturated rings. The van der Waals surface area contributed by atoms with Crippen molar-refractivity contribution in [1.82, 2.24) is 0 Å². The van der Waals surface area contributed by atoms with Crippen LogP contribution in [-0.2, 0) is 17.1 Å². The highest BCUT2D eigenvalue weighted by atomic mass is 79.9. The lowest BCUT2D eigenvalue weighted by Gasteiger charge is -2.15. The maximum Gasteiger partial charge on any atom is 0.416 e. The fourth-order valence-corrected chi connectivity index (χ4v) is 1.53. The van der Waals surface area contributed by atoms with E-state index in [-0.39, 0.29) is 6.07 Å². The summed E-state index contributed by atoms with van der Waals surface area (Å²) in [5, 5.41) is 8.61. The molecule has 1 aromatic carbocycles. The van der Waals surface area contributed by atoms with Crippen molar-refractivity contribution in [1.29, 1.82) is 0 Å². The number of carboxylic acid groups (broad SMARTS) is 1. The Bertz CT molecular complexity index is 462. The first-order valence-corrected chi connectivity index (χ1v) is 5.50. The van der Waals surface area contributed by atoms with Crippen LogP contribution in [0.25, 0.3) is 0 Å². The van der Waals surface area contributed by atoms with Crippen LogP contribution < -0.4 is 0 Å². The number of alkyl halides is 7. The lowest BCUT2D eigenvalue weighted by Crippen LogP contribution is -2.14. The average Bonchev–Trinajstić information content (AvgIpc) is 2.24. The third-order valence-electron chi connectivity index (χ3n) is 2.12. The van der Waals surface area contributed by atoms with Crippen molar-refractivity contribution in [3.63, 3.8) is 0 Å². The second-order valence-corrected chi connectivity index (χ2v) is 4.46. The topological polar surface area (TPSA) is 37.3 Å². The molecule has 1 rings (SSSR count). The summed E-state index contributed by atoms with van der Waals surface area (Å²) in [6.45, 7) is 0. The molecular weight excluding hydrogens is 346 g/mol. The van der Waals surface area contributed by atoms with E-state index in [1.54, 1.807) is 0 Å². The Morgan fingerprint density at radius 2 is 1.37 bits per heavy atom. The van der Waals surface area contributed by atoms with Crippen molar-refractivity contribution < 1.29 is 36.2 Å². The minimum absolute atomic E-state index is 0.0644. The third kappa shape index (κ3) is 3.85. The van der Waals surface area contributed by atoms with Crippen molar-refractivity contribution in [3.8, 4) is 0 Å². The molecular formula is C10H5BrF6O2. The van der Waals surface area contributed by atoms with Gasteiger partial charge >= 0.3 is 18.3 Å². The Hall–Kier alpha value is -1.25. The van der Waals surface area contributed by atoms with Gasteiger partial charge < -0.3 is 5.11 Å². The van der Waals surface area contributed by atoms with Crippen molar-refractivity contribution >= 4 is 21.9 Å². The van der Waals surface area contributed by atoms with Gasteiger partial charge in [-0.2, -0.15) is 26.3 Å². The summed E-state index contributed by atoms with van der Waals surface area (Å²) < 4.78 is 74.8. The van der Waals surface area contributed by atoms with E-state index < -0.39 is 39.8 Å². The summed E-state index contributed by atoms with van der Waals surface area (Å²) in [6, 6.07) is 0.663. The zero-order chi connectivity index (χ0) is 15.0. The lowest BCUT2D eigenvalue weighted by atomic mass is 10.0. The highest BCUT2D eigenvalue weighted by Gasteiger charge is 2.37. The third-order valence-corrected chi connectivity index (χ3v) is 3.04. The zero-order valence-electron chi connectivity index (χ0n) is 8.81. The SMILES string of the molecule is O=C(O)C(Br)c1cc(C(F)(F)F)cc(C(F)(F)F)c1. The highest BCUT2D eigenvalue weighted by Crippen LogP contribution is 2.38. The van der Waals surface area contributed by atoms with Gasteiger partial charge in [-0.05, 0) is 23.8 Å². The summed E-state index contributed by atoms with van der Waals surface area (Å²) in [5.74, 6) is -1.59. The number of hydrogen-bond acceptors (Lipinski definition) is 1. The van der Waals surface area contributed by atoms with E-state index in [0.717, 1.165) is 0 Å². The van der Waals surface area contributed by atoms with Crippen LogP contribution in [0.2, 0.25) is 0 Å². The molecule has 0 spiro atoms. The molecule has 0 radical (unpaired) electrons. The minimum atomic E-state index is -5.00. The van der Waals surface area contributed by atoms with Gasteiger partial charge in [0.2, 0.25) is 0 Å². The maximum absolute atomic E-state index is 12.5. The normalized spacial score (nSPS) is 14.3. The van der Waals surface area contributed by atoms with E-state index in [2.05, 4.69) is 15.9 Å². The van der Waals surface area contributed by atoms with Gasteiger partial charge in [0.15, 0.2) is 0 Å². The summed E-state index contributed by atoms with van der Waals surface area (Å²) in [4.78, 5) is 8.96. The standard InChI is InChI=1S/C10H5BrF6O2/c11-7(8(18)19)4-1-5(9(12,13)14)3-6(2-4)10(15,16)17/h1-3,7H,(H,18,19). The molecule has 0 aliphatic rings. The first-order valence-electron chi connectivity index (χ1n) is 4.59. The minimum Gasteiger partial charge on any atom is -0.480 e. The maximum atomic E-state index is 12.5. The monoisotopic (exact) mass is 350 g/mol. The van der Waals surface area contributed by atoms with E-state index >= 15 is 0 Å². The van der Waals surface area contributed by atoms with E-state index in [4.69, 9.17) is 5.11 Å². The molecule has 0 saturated carbocycles. The molecule has 0 aliphatic carbocycles. The van der Waals surface area contributed by atoms with Crippen LogP contribution in [0.15, 0.2) is 18.2 Å². The molecule has 0 aromatic heterocycles. The van der Waals surface area contributed by atoms with E-state index in [0.29, 0.717) is 12.1 Å². The molecule has 9 heteroatoms. The van der Waals surface area contributed by atoms with Crippen molar-refractivity contribution in [2.45, 2.75) is 17.2 Å². The summed E-state index contributed by atoms with van der Waals surface area (Å²) in [6.07, 6.45) is -10.00. The Kier molecular flexibility index (Phi) is 4.18. The smallest absolute Gasteiger partial charge is 0.416 e. The fourth-order valence-electron chi connectivity index (χ4n) is 1.27. The molecule has 1 N–H and O–H groups in total. The number of carboxylic acids is 1.